The standard InChI is InChI=1S/C15H13F3N2O2/c1-2-7-22-12-6-4-3-5-11(12)14-19-8-10(9-20-14)13(21)15(16,17)18/h2-6,8-9,13,21H,1,7H2. The second-order valence-corrected chi connectivity index (χ2v) is 4.38. The molecular weight excluding hydrogens is 297 g/mol. The number of aliphatic hydroxyl groups excluding tert-OH is 1. The fourth-order valence-electron chi connectivity index (χ4n) is 1.73. The van der Waals surface area contributed by atoms with E-state index in [0.717, 1.165) is 12.4 Å². The van der Waals surface area contributed by atoms with Crippen LogP contribution in [0.5, 0.6) is 5.75 Å². The van der Waals surface area contributed by atoms with Gasteiger partial charge in [-0.1, -0.05) is 24.8 Å². The Kier molecular flexibility index (Phi) is 4.77. The van der Waals surface area contributed by atoms with Crippen LogP contribution < -0.4 is 4.74 Å². The molecule has 0 aliphatic carbocycles. The molecule has 1 unspecified atom stereocenters. The number of halogens is 3. The summed E-state index contributed by atoms with van der Waals surface area (Å²) in [7, 11) is 0. The summed E-state index contributed by atoms with van der Waals surface area (Å²) in [4.78, 5) is 7.75. The van der Waals surface area contributed by atoms with E-state index in [2.05, 4.69) is 16.5 Å². The lowest BCUT2D eigenvalue weighted by molar-refractivity contribution is -0.206. The van der Waals surface area contributed by atoms with Crippen LogP contribution in [-0.2, 0) is 0 Å². The molecule has 1 N–H and O–H groups in total. The molecule has 2 aromatic rings. The maximum Gasteiger partial charge on any atom is 0.418 e. The molecule has 1 heterocycles. The van der Waals surface area contributed by atoms with Crippen molar-refractivity contribution in [3.8, 4) is 17.1 Å². The molecule has 7 heteroatoms. The van der Waals surface area contributed by atoms with Crippen LogP contribution in [0.25, 0.3) is 11.4 Å². The molecule has 0 bridgehead atoms. The Hall–Kier alpha value is -2.41. The minimum atomic E-state index is -4.75. The van der Waals surface area contributed by atoms with Crippen LogP contribution in [0.4, 0.5) is 13.2 Å². The molecule has 0 aliphatic heterocycles. The van der Waals surface area contributed by atoms with Gasteiger partial charge in [0, 0.05) is 18.0 Å². The van der Waals surface area contributed by atoms with Crippen molar-refractivity contribution in [3.05, 3.63) is 54.9 Å². The highest BCUT2D eigenvalue weighted by molar-refractivity contribution is 5.63. The monoisotopic (exact) mass is 310 g/mol. The summed E-state index contributed by atoms with van der Waals surface area (Å²) in [5.74, 6) is 0.698. The highest BCUT2D eigenvalue weighted by Gasteiger charge is 2.39. The molecule has 116 valence electrons. The van der Waals surface area contributed by atoms with Crippen molar-refractivity contribution in [2.24, 2.45) is 0 Å². The van der Waals surface area contributed by atoms with Crippen molar-refractivity contribution in [2.75, 3.05) is 6.61 Å². The van der Waals surface area contributed by atoms with Crippen molar-refractivity contribution in [2.45, 2.75) is 12.3 Å². The number of aromatic nitrogens is 2. The molecule has 0 fully saturated rings. The van der Waals surface area contributed by atoms with Gasteiger partial charge in [0.05, 0.1) is 5.56 Å². The number of ether oxygens (including phenoxy) is 1. The first-order valence-electron chi connectivity index (χ1n) is 6.33. The molecule has 1 aromatic heterocycles. The third kappa shape index (κ3) is 3.62. The van der Waals surface area contributed by atoms with Gasteiger partial charge in [-0.05, 0) is 12.1 Å². The third-order valence-corrected chi connectivity index (χ3v) is 2.78. The fourth-order valence-corrected chi connectivity index (χ4v) is 1.73. The summed E-state index contributed by atoms with van der Waals surface area (Å²) in [6, 6.07) is 6.87. The maximum absolute atomic E-state index is 12.4. The van der Waals surface area contributed by atoms with Crippen LogP contribution >= 0.6 is 0 Å². The largest absolute Gasteiger partial charge is 0.489 e. The average Bonchev–Trinajstić information content (AvgIpc) is 2.52. The fraction of sp³-hybridized carbons (Fsp3) is 0.200. The Morgan fingerprint density at radius 2 is 1.86 bits per heavy atom. The highest BCUT2D eigenvalue weighted by atomic mass is 19.4. The average molecular weight is 310 g/mol. The van der Waals surface area contributed by atoms with Gasteiger partial charge in [-0.15, -0.1) is 0 Å². The number of nitrogens with zero attached hydrogens (tertiary/aromatic N) is 2. The second-order valence-electron chi connectivity index (χ2n) is 4.38. The van der Waals surface area contributed by atoms with Gasteiger partial charge >= 0.3 is 6.18 Å². The molecule has 0 aliphatic rings. The number of rotatable bonds is 5. The van der Waals surface area contributed by atoms with E-state index in [4.69, 9.17) is 9.84 Å². The van der Waals surface area contributed by atoms with E-state index in [1.807, 2.05) is 0 Å². The molecule has 2 rings (SSSR count). The molecule has 0 saturated heterocycles. The SMILES string of the molecule is C=CCOc1ccccc1-c1ncc(C(O)C(F)(F)F)cn1. The Bertz CT molecular complexity index is 642. The van der Waals surface area contributed by atoms with Gasteiger partial charge in [-0.25, -0.2) is 9.97 Å². The topological polar surface area (TPSA) is 55.2 Å². The van der Waals surface area contributed by atoms with Gasteiger partial charge in [-0.3, -0.25) is 0 Å². The normalized spacial score (nSPS) is 12.7. The molecule has 4 nitrogen and oxygen atoms in total. The zero-order valence-electron chi connectivity index (χ0n) is 11.4. The van der Waals surface area contributed by atoms with Crippen molar-refractivity contribution >= 4 is 0 Å². The Morgan fingerprint density at radius 3 is 2.45 bits per heavy atom. The third-order valence-electron chi connectivity index (χ3n) is 2.78. The van der Waals surface area contributed by atoms with Crippen molar-refractivity contribution < 1.29 is 23.0 Å². The van der Waals surface area contributed by atoms with Crippen molar-refractivity contribution in [1.82, 2.24) is 9.97 Å². The van der Waals surface area contributed by atoms with E-state index in [1.54, 1.807) is 30.3 Å². The molecule has 0 spiro atoms. The van der Waals surface area contributed by atoms with Gasteiger partial charge in [0.1, 0.15) is 12.4 Å². The van der Waals surface area contributed by atoms with Crippen LogP contribution in [0.1, 0.15) is 11.7 Å². The number of alkyl halides is 3. The van der Waals surface area contributed by atoms with Crippen LogP contribution in [-0.4, -0.2) is 27.9 Å². The molecule has 22 heavy (non-hydrogen) atoms. The van der Waals surface area contributed by atoms with Gasteiger partial charge in [0.25, 0.3) is 0 Å². The summed E-state index contributed by atoms with van der Waals surface area (Å²) in [6.07, 6.45) is -3.89. The number of hydrogen-bond donors (Lipinski definition) is 1. The Labute approximate surface area is 124 Å². The van der Waals surface area contributed by atoms with Gasteiger partial charge in [-0.2, -0.15) is 13.2 Å². The van der Waals surface area contributed by atoms with Crippen LogP contribution in [0.15, 0.2) is 49.3 Å². The van der Waals surface area contributed by atoms with Crippen LogP contribution in [0.2, 0.25) is 0 Å². The first-order chi connectivity index (χ1) is 10.4. The number of aliphatic hydroxyl groups is 1. The van der Waals surface area contributed by atoms with Crippen LogP contribution in [0.3, 0.4) is 0 Å². The van der Waals surface area contributed by atoms with Crippen molar-refractivity contribution in [3.63, 3.8) is 0 Å². The predicted octanol–water partition coefficient (Wildman–Crippen LogP) is 3.30. The maximum atomic E-state index is 12.4. The number of benzene rings is 1. The van der Waals surface area contributed by atoms with E-state index in [9.17, 15) is 13.2 Å². The van der Waals surface area contributed by atoms with Gasteiger partial charge < -0.3 is 9.84 Å². The summed E-state index contributed by atoms with van der Waals surface area (Å²) in [5, 5.41) is 9.15. The summed E-state index contributed by atoms with van der Waals surface area (Å²) < 4.78 is 42.7. The molecule has 1 aromatic carbocycles. The van der Waals surface area contributed by atoms with E-state index in [0.29, 0.717) is 11.3 Å². The Morgan fingerprint density at radius 1 is 1.23 bits per heavy atom. The zero-order chi connectivity index (χ0) is 16.2. The molecule has 0 radical (unpaired) electrons. The second kappa shape index (κ2) is 6.57. The first kappa shape index (κ1) is 16.0. The zero-order valence-corrected chi connectivity index (χ0v) is 11.4. The molecule has 1 atom stereocenters. The lowest BCUT2D eigenvalue weighted by atomic mass is 10.1. The van der Waals surface area contributed by atoms with Gasteiger partial charge in [0.2, 0.25) is 0 Å². The minimum absolute atomic E-state index is 0.206. The van der Waals surface area contributed by atoms with E-state index < -0.39 is 17.8 Å². The smallest absolute Gasteiger partial charge is 0.418 e. The Balaban J connectivity index is 2.29. The van der Waals surface area contributed by atoms with Crippen LogP contribution in [0, 0.1) is 0 Å². The summed E-state index contributed by atoms with van der Waals surface area (Å²) >= 11 is 0. The lowest BCUT2D eigenvalue weighted by Crippen LogP contribution is -2.20. The predicted molar refractivity (Wildman–Crippen MR) is 74.2 cm³/mol. The number of para-hydroxylation sites is 1. The van der Waals surface area contributed by atoms with E-state index in [1.165, 1.54) is 0 Å². The first-order valence-corrected chi connectivity index (χ1v) is 6.33. The minimum Gasteiger partial charge on any atom is -0.489 e. The number of hydrogen-bond acceptors (Lipinski definition) is 4. The quantitative estimate of drug-likeness (QED) is 0.861. The molecule has 0 amide bonds. The highest BCUT2D eigenvalue weighted by Crippen LogP contribution is 2.33. The summed E-state index contributed by atoms with van der Waals surface area (Å²) in [5.41, 5.74) is 0.123. The molecule has 0 saturated carbocycles. The van der Waals surface area contributed by atoms with Crippen molar-refractivity contribution in [1.29, 1.82) is 0 Å². The summed E-state index contributed by atoms with van der Waals surface area (Å²) in [6.45, 7) is 3.82. The molecular formula is C15H13F3N2O2. The van der Waals surface area contributed by atoms with E-state index >= 15 is 0 Å². The lowest BCUT2D eigenvalue weighted by Gasteiger charge is -2.14. The van der Waals surface area contributed by atoms with E-state index in [-0.39, 0.29) is 12.4 Å². The van der Waals surface area contributed by atoms with Gasteiger partial charge in [0.15, 0.2) is 11.9 Å².